The summed E-state index contributed by atoms with van der Waals surface area (Å²) in [4.78, 5) is 24.3. The van der Waals surface area contributed by atoms with Crippen molar-refractivity contribution in [1.29, 1.82) is 0 Å². The van der Waals surface area contributed by atoms with Crippen LogP contribution in [0.2, 0.25) is 10.0 Å². The summed E-state index contributed by atoms with van der Waals surface area (Å²) in [6.07, 6.45) is 0. The van der Waals surface area contributed by atoms with E-state index in [2.05, 4.69) is 16.2 Å². The molecule has 7 heteroatoms. The normalized spacial score (nSPS) is 20.2. The number of benzene rings is 2. The molecule has 1 aliphatic rings. The van der Waals surface area contributed by atoms with Crippen molar-refractivity contribution in [2.24, 2.45) is 0 Å². The fraction of sp³-hybridized carbons (Fsp3) is 0.125. The molecule has 23 heavy (non-hydrogen) atoms. The zero-order valence-electron chi connectivity index (χ0n) is 11.8. The van der Waals surface area contributed by atoms with Crippen LogP contribution in [0.15, 0.2) is 48.5 Å². The number of carbonyl (C=O) groups excluding carboxylic acids is 2. The number of hydrogen-bond acceptors (Lipinski definition) is 3. The van der Waals surface area contributed by atoms with Crippen LogP contribution in [-0.2, 0) is 4.79 Å². The molecule has 118 valence electrons. The van der Waals surface area contributed by atoms with Crippen molar-refractivity contribution in [3.05, 3.63) is 69.7 Å². The van der Waals surface area contributed by atoms with Crippen LogP contribution in [0.4, 0.5) is 0 Å². The highest BCUT2D eigenvalue weighted by Gasteiger charge is 2.36. The molecule has 0 bridgehead atoms. The minimum Gasteiger partial charge on any atom is -0.338 e. The molecule has 0 spiro atoms. The predicted molar refractivity (Wildman–Crippen MR) is 88.2 cm³/mol. The molecule has 2 aromatic carbocycles. The minimum atomic E-state index is -0.723. The summed E-state index contributed by atoms with van der Waals surface area (Å²) in [7, 11) is 0. The van der Waals surface area contributed by atoms with Crippen molar-refractivity contribution in [3.8, 4) is 0 Å². The molecule has 5 nitrogen and oxygen atoms in total. The van der Waals surface area contributed by atoms with E-state index in [-0.39, 0.29) is 17.9 Å². The molecule has 0 saturated carbocycles. The highest BCUT2D eigenvalue weighted by Crippen LogP contribution is 2.22. The maximum absolute atomic E-state index is 12.3. The average Bonchev–Trinajstić information content (AvgIpc) is 2.90. The van der Waals surface area contributed by atoms with E-state index in [0.717, 1.165) is 5.56 Å². The van der Waals surface area contributed by atoms with Gasteiger partial charge in [-0.25, -0.2) is 5.43 Å². The zero-order valence-corrected chi connectivity index (χ0v) is 13.4. The lowest BCUT2D eigenvalue weighted by Crippen LogP contribution is -2.42. The van der Waals surface area contributed by atoms with E-state index in [1.165, 1.54) is 0 Å². The lowest BCUT2D eigenvalue weighted by Gasteiger charge is -2.18. The topological polar surface area (TPSA) is 70.2 Å². The molecule has 3 rings (SSSR count). The molecular weight excluding hydrogens is 337 g/mol. The second-order valence-electron chi connectivity index (χ2n) is 5.12. The summed E-state index contributed by atoms with van der Waals surface area (Å²) >= 11 is 11.7. The van der Waals surface area contributed by atoms with Crippen LogP contribution in [0.3, 0.4) is 0 Å². The van der Waals surface area contributed by atoms with Crippen LogP contribution >= 0.6 is 23.2 Å². The van der Waals surface area contributed by atoms with Gasteiger partial charge in [0.15, 0.2) is 0 Å². The van der Waals surface area contributed by atoms with E-state index < -0.39 is 6.04 Å². The van der Waals surface area contributed by atoms with Gasteiger partial charge in [0.1, 0.15) is 6.04 Å². The molecule has 1 fully saturated rings. The monoisotopic (exact) mass is 349 g/mol. The van der Waals surface area contributed by atoms with Crippen LogP contribution in [0, 0.1) is 0 Å². The predicted octanol–water partition coefficient (Wildman–Crippen LogP) is 2.47. The lowest BCUT2D eigenvalue weighted by molar-refractivity contribution is -0.121. The average molecular weight is 350 g/mol. The van der Waals surface area contributed by atoms with Crippen molar-refractivity contribution >= 4 is 35.0 Å². The van der Waals surface area contributed by atoms with Crippen LogP contribution in [0.25, 0.3) is 0 Å². The molecule has 0 aromatic heterocycles. The summed E-state index contributed by atoms with van der Waals surface area (Å²) in [6.45, 7) is 0. The van der Waals surface area contributed by atoms with Gasteiger partial charge < -0.3 is 5.32 Å². The van der Waals surface area contributed by atoms with Gasteiger partial charge in [0.2, 0.25) is 0 Å². The van der Waals surface area contributed by atoms with Gasteiger partial charge in [0.25, 0.3) is 11.8 Å². The Morgan fingerprint density at radius 3 is 2.13 bits per heavy atom. The Kier molecular flexibility index (Phi) is 4.52. The third-order valence-corrected chi connectivity index (χ3v) is 4.09. The lowest BCUT2D eigenvalue weighted by atomic mass is 10.0. The van der Waals surface area contributed by atoms with E-state index in [0.29, 0.717) is 15.6 Å². The Morgan fingerprint density at radius 1 is 0.957 bits per heavy atom. The molecule has 2 amide bonds. The second-order valence-corrected chi connectivity index (χ2v) is 5.99. The minimum absolute atomic E-state index is 0.299. The Hall–Kier alpha value is -2.08. The molecule has 0 aliphatic carbocycles. The SMILES string of the molecule is O=C(N[C@@H]1C(=O)NN[C@@H]1c1ccc(Cl)cc1)c1ccc(Cl)cc1. The molecule has 0 radical (unpaired) electrons. The first kappa shape index (κ1) is 15.8. The third kappa shape index (κ3) is 3.47. The zero-order chi connectivity index (χ0) is 16.4. The quantitative estimate of drug-likeness (QED) is 0.797. The Bertz CT molecular complexity index is 732. The van der Waals surface area contributed by atoms with Crippen molar-refractivity contribution in [2.75, 3.05) is 0 Å². The Labute approximate surface area is 142 Å². The number of carbonyl (C=O) groups is 2. The number of halogens is 2. The third-order valence-electron chi connectivity index (χ3n) is 3.59. The fourth-order valence-corrected chi connectivity index (χ4v) is 2.63. The van der Waals surface area contributed by atoms with Crippen molar-refractivity contribution in [3.63, 3.8) is 0 Å². The van der Waals surface area contributed by atoms with E-state index in [1.54, 1.807) is 36.4 Å². The van der Waals surface area contributed by atoms with Crippen molar-refractivity contribution in [2.45, 2.75) is 12.1 Å². The first-order valence-electron chi connectivity index (χ1n) is 6.92. The number of rotatable bonds is 3. The summed E-state index contributed by atoms with van der Waals surface area (Å²) in [5.41, 5.74) is 6.70. The standard InChI is InChI=1S/C16H13Cl2N3O2/c17-11-5-1-9(2-6-11)13-14(16(23)21-20-13)19-15(22)10-3-7-12(18)8-4-10/h1-8,13-14,20H,(H,19,22)(H,21,23)/t13-,14+/m1/s1. The van der Waals surface area contributed by atoms with Gasteiger partial charge in [-0.3, -0.25) is 15.0 Å². The maximum Gasteiger partial charge on any atom is 0.258 e. The number of hydrazine groups is 1. The summed E-state index contributed by atoms with van der Waals surface area (Å²) in [5, 5.41) is 3.88. The highest BCUT2D eigenvalue weighted by molar-refractivity contribution is 6.30. The van der Waals surface area contributed by atoms with Gasteiger partial charge in [-0.15, -0.1) is 0 Å². The van der Waals surface area contributed by atoms with Crippen LogP contribution < -0.4 is 16.2 Å². The summed E-state index contributed by atoms with van der Waals surface area (Å²) < 4.78 is 0. The molecule has 1 aliphatic heterocycles. The van der Waals surface area contributed by atoms with Crippen molar-refractivity contribution in [1.82, 2.24) is 16.2 Å². The molecule has 1 saturated heterocycles. The van der Waals surface area contributed by atoms with E-state index in [1.807, 2.05) is 12.1 Å². The van der Waals surface area contributed by atoms with Gasteiger partial charge in [0, 0.05) is 15.6 Å². The summed E-state index contributed by atoms with van der Waals surface area (Å²) in [5.74, 6) is -0.642. The molecule has 2 atom stereocenters. The van der Waals surface area contributed by atoms with Crippen LogP contribution in [0.1, 0.15) is 22.0 Å². The first-order valence-corrected chi connectivity index (χ1v) is 7.67. The number of amides is 2. The highest BCUT2D eigenvalue weighted by atomic mass is 35.5. The largest absolute Gasteiger partial charge is 0.338 e. The Morgan fingerprint density at radius 2 is 1.52 bits per heavy atom. The summed E-state index contributed by atoms with van der Waals surface area (Å²) in [6, 6.07) is 12.4. The van der Waals surface area contributed by atoms with Gasteiger partial charge in [0.05, 0.1) is 6.04 Å². The van der Waals surface area contributed by atoms with E-state index in [9.17, 15) is 9.59 Å². The van der Waals surface area contributed by atoms with Crippen LogP contribution in [0.5, 0.6) is 0 Å². The maximum atomic E-state index is 12.3. The molecule has 0 unspecified atom stereocenters. The smallest absolute Gasteiger partial charge is 0.258 e. The van der Waals surface area contributed by atoms with E-state index in [4.69, 9.17) is 23.2 Å². The number of nitrogens with one attached hydrogen (secondary N) is 3. The van der Waals surface area contributed by atoms with Gasteiger partial charge in [-0.05, 0) is 42.0 Å². The van der Waals surface area contributed by atoms with Gasteiger partial charge >= 0.3 is 0 Å². The van der Waals surface area contributed by atoms with Gasteiger partial charge in [-0.2, -0.15) is 0 Å². The molecule has 2 aromatic rings. The fourth-order valence-electron chi connectivity index (χ4n) is 2.38. The van der Waals surface area contributed by atoms with E-state index >= 15 is 0 Å². The van der Waals surface area contributed by atoms with Gasteiger partial charge in [-0.1, -0.05) is 35.3 Å². The molecule has 3 N–H and O–H groups in total. The molecule has 1 heterocycles. The number of hydrogen-bond donors (Lipinski definition) is 3. The second kappa shape index (κ2) is 6.58. The molecular formula is C16H13Cl2N3O2. The Balaban J connectivity index is 1.78. The van der Waals surface area contributed by atoms with Crippen molar-refractivity contribution < 1.29 is 9.59 Å². The van der Waals surface area contributed by atoms with Crippen LogP contribution in [-0.4, -0.2) is 17.9 Å². The first-order chi connectivity index (χ1) is 11.0.